The molecule has 0 atom stereocenters. The van der Waals surface area contributed by atoms with E-state index in [0.29, 0.717) is 17.5 Å². The van der Waals surface area contributed by atoms with Crippen molar-refractivity contribution < 1.29 is 8.83 Å². The SMILES string of the molecule is c1ccc(-c2ccc3c(c2)c2ccccc2n3-c2cccc3c2oc2ccc(-c4ccc(-c5cccc(-c6nc(-c7ccccc7)nc(-c7ccccc7)n6)c5)c5c4oc4ccccc45)cc23)cc1. The number of nitrogens with zero attached hydrogens (tertiary/aromatic N) is 4. The summed E-state index contributed by atoms with van der Waals surface area (Å²) in [6, 6.07) is 80.3. The van der Waals surface area contributed by atoms with Gasteiger partial charge in [0, 0.05) is 54.6 Å². The number of fused-ring (bicyclic) bond motifs is 9. The smallest absolute Gasteiger partial charge is 0.164 e. The Kier molecular flexibility index (Phi) is 8.79. The van der Waals surface area contributed by atoms with E-state index in [2.05, 4.69) is 162 Å². The van der Waals surface area contributed by atoms with Crippen LogP contribution in [0, 0.1) is 0 Å². The van der Waals surface area contributed by atoms with Crippen molar-refractivity contribution >= 4 is 65.7 Å². The van der Waals surface area contributed by atoms with Gasteiger partial charge in [-0.3, -0.25) is 0 Å². The maximum Gasteiger partial charge on any atom is 0.164 e. The number of rotatable bonds is 7. The fraction of sp³-hybridized carbons (Fsp3) is 0. The molecular weight excluding hydrogens is 845 g/mol. The molecule has 0 saturated carbocycles. The number of hydrogen-bond donors (Lipinski definition) is 0. The monoisotopic (exact) mass is 882 g/mol. The van der Waals surface area contributed by atoms with Crippen molar-refractivity contribution in [2.75, 3.05) is 0 Å². The molecule has 322 valence electrons. The lowest BCUT2D eigenvalue weighted by atomic mass is 9.93. The van der Waals surface area contributed by atoms with Gasteiger partial charge < -0.3 is 13.4 Å². The van der Waals surface area contributed by atoms with Gasteiger partial charge in [-0.1, -0.05) is 176 Å². The molecule has 0 aliphatic rings. The van der Waals surface area contributed by atoms with Crippen LogP contribution >= 0.6 is 0 Å². The van der Waals surface area contributed by atoms with Gasteiger partial charge in [-0.05, 0) is 82.4 Å². The van der Waals surface area contributed by atoms with Gasteiger partial charge in [0.05, 0.1) is 16.7 Å². The summed E-state index contributed by atoms with van der Waals surface area (Å²) in [5, 5.41) is 6.59. The van der Waals surface area contributed by atoms with E-state index in [1.54, 1.807) is 0 Å². The average molecular weight is 883 g/mol. The van der Waals surface area contributed by atoms with Crippen LogP contribution in [0.5, 0.6) is 0 Å². The molecule has 0 fully saturated rings. The van der Waals surface area contributed by atoms with E-state index in [4.69, 9.17) is 23.8 Å². The first-order valence-electron chi connectivity index (χ1n) is 23.2. The van der Waals surface area contributed by atoms with Crippen LogP contribution in [0.1, 0.15) is 0 Å². The number of hydrogen-bond acceptors (Lipinski definition) is 5. The fourth-order valence-corrected chi connectivity index (χ4v) is 10.2. The van der Waals surface area contributed by atoms with Crippen molar-refractivity contribution in [3.8, 4) is 73.2 Å². The maximum atomic E-state index is 6.86. The lowest BCUT2D eigenvalue weighted by Gasteiger charge is -2.11. The van der Waals surface area contributed by atoms with Crippen molar-refractivity contribution in [3.63, 3.8) is 0 Å². The molecule has 0 saturated heterocycles. The van der Waals surface area contributed by atoms with E-state index >= 15 is 0 Å². The van der Waals surface area contributed by atoms with Crippen LogP contribution in [-0.4, -0.2) is 19.5 Å². The Morgan fingerprint density at radius 2 is 0.812 bits per heavy atom. The van der Waals surface area contributed by atoms with E-state index in [1.807, 2.05) is 72.8 Å². The van der Waals surface area contributed by atoms with Crippen LogP contribution in [0.15, 0.2) is 239 Å². The topological polar surface area (TPSA) is 69.9 Å². The van der Waals surface area contributed by atoms with Crippen LogP contribution < -0.4 is 0 Å². The third kappa shape index (κ3) is 6.38. The molecule has 4 aromatic heterocycles. The molecule has 69 heavy (non-hydrogen) atoms. The molecule has 10 aromatic carbocycles. The van der Waals surface area contributed by atoms with Crippen molar-refractivity contribution in [2.45, 2.75) is 0 Å². The largest absolute Gasteiger partial charge is 0.455 e. The van der Waals surface area contributed by atoms with Crippen molar-refractivity contribution in [1.29, 1.82) is 0 Å². The molecule has 0 spiro atoms. The Labute approximate surface area is 396 Å². The Hall–Kier alpha value is -9.39. The molecule has 14 aromatic rings. The second-order valence-corrected chi connectivity index (χ2v) is 17.5. The normalized spacial score (nSPS) is 11.8. The minimum atomic E-state index is 0.605. The average Bonchev–Trinajstić information content (AvgIpc) is 4.11. The van der Waals surface area contributed by atoms with E-state index in [9.17, 15) is 0 Å². The molecule has 0 aliphatic heterocycles. The van der Waals surface area contributed by atoms with Crippen molar-refractivity contribution in [1.82, 2.24) is 19.5 Å². The first kappa shape index (κ1) is 38.8. The second kappa shape index (κ2) is 15.6. The molecule has 0 amide bonds. The molecule has 0 bridgehead atoms. The zero-order valence-corrected chi connectivity index (χ0v) is 37.0. The third-order valence-corrected chi connectivity index (χ3v) is 13.5. The summed E-state index contributed by atoms with van der Waals surface area (Å²) in [6.07, 6.45) is 0. The molecule has 6 heteroatoms. The molecule has 0 N–H and O–H groups in total. The van der Waals surface area contributed by atoms with Gasteiger partial charge in [0.2, 0.25) is 0 Å². The third-order valence-electron chi connectivity index (χ3n) is 13.5. The highest BCUT2D eigenvalue weighted by atomic mass is 16.3. The second-order valence-electron chi connectivity index (χ2n) is 17.5. The minimum absolute atomic E-state index is 0.605. The summed E-state index contributed by atoms with van der Waals surface area (Å²) < 4.78 is 16.1. The first-order chi connectivity index (χ1) is 34.2. The first-order valence-corrected chi connectivity index (χ1v) is 23.2. The summed E-state index contributed by atoms with van der Waals surface area (Å²) in [6.45, 7) is 0. The zero-order valence-electron chi connectivity index (χ0n) is 37.0. The highest BCUT2D eigenvalue weighted by Gasteiger charge is 2.22. The van der Waals surface area contributed by atoms with Gasteiger partial charge in [-0.15, -0.1) is 0 Å². The maximum absolute atomic E-state index is 6.86. The van der Waals surface area contributed by atoms with Crippen molar-refractivity contribution in [2.24, 2.45) is 0 Å². The predicted molar refractivity (Wildman–Crippen MR) is 281 cm³/mol. The predicted octanol–water partition coefficient (Wildman–Crippen LogP) is 16.8. The van der Waals surface area contributed by atoms with E-state index in [0.717, 1.165) is 99.5 Å². The van der Waals surface area contributed by atoms with Gasteiger partial charge in [0.1, 0.15) is 16.7 Å². The number of para-hydroxylation sites is 3. The highest BCUT2D eigenvalue weighted by Crippen LogP contribution is 2.45. The van der Waals surface area contributed by atoms with Gasteiger partial charge in [-0.2, -0.15) is 0 Å². The summed E-state index contributed by atoms with van der Waals surface area (Å²) in [4.78, 5) is 15.0. The lowest BCUT2D eigenvalue weighted by molar-refractivity contribution is 0.666. The molecular formula is C63H38N4O2. The summed E-state index contributed by atoms with van der Waals surface area (Å²) in [5.74, 6) is 1.86. The van der Waals surface area contributed by atoms with Gasteiger partial charge in [0.25, 0.3) is 0 Å². The standard InChI is InChI=1S/C63H38N4O2/c1-4-16-39(17-5-1)42-30-34-54-51(37-42)48-24-10-12-27-53(48)67(54)55-28-15-26-49-52-38-44(31-35-57(52)68-59(49)55)47-33-32-46(58-50-25-11-13-29-56(50)69-60(47)58)43-22-14-23-45(36-43)63-65-61(40-18-6-2-7-19-40)64-62(66-63)41-20-8-3-9-21-41/h1-38H. The van der Waals surface area contributed by atoms with E-state index in [-0.39, 0.29) is 0 Å². The van der Waals surface area contributed by atoms with Gasteiger partial charge in [0.15, 0.2) is 23.1 Å². The number of benzene rings is 10. The Bertz CT molecular complexity index is 4250. The van der Waals surface area contributed by atoms with Crippen LogP contribution in [0.3, 0.4) is 0 Å². The van der Waals surface area contributed by atoms with Gasteiger partial charge in [-0.25, -0.2) is 15.0 Å². The van der Waals surface area contributed by atoms with E-state index < -0.39 is 0 Å². The minimum Gasteiger partial charge on any atom is -0.455 e. The molecule has 0 aliphatic carbocycles. The molecule has 4 heterocycles. The molecule has 0 unspecified atom stereocenters. The lowest BCUT2D eigenvalue weighted by Crippen LogP contribution is -2.00. The number of furan rings is 2. The molecule has 0 radical (unpaired) electrons. The summed E-state index contributed by atoms with van der Waals surface area (Å²) in [5.41, 5.74) is 15.9. The molecule has 14 rings (SSSR count). The van der Waals surface area contributed by atoms with Crippen molar-refractivity contribution in [3.05, 3.63) is 231 Å². The van der Waals surface area contributed by atoms with Crippen LogP contribution in [0.4, 0.5) is 0 Å². The Morgan fingerprint density at radius 1 is 0.290 bits per heavy atom. The van der Waals surface area contributed by atoms with Crippen LogP contribution in [0.25, 0.3) is 139 Å². The molecule has 6 nitrogen and oxygen atoms in total. The van der Waals surface area contributed by atoms with Gasteiger partial charge >= 0.3 is 0 Å². The number of aromatic nitrogens is 4. The Morgan fingerprint density at radius 3 is 1.58 bits per heavy atom. The zero-order chi connectivity index (χ0) is 45.4. The van der Waals surface area contributed by atoms with E-state index in [1.165, 1.54) is 21.9 Å². The quantitative estimate of drug-likeness (QED) is 0.159. The summed E-state index contributed by atoms with van der Waals surface area (Å²) in [7, 11) is 0. The highest BCUT2D eigenvalue weighted by molar-refractivity contribution is 6.18. The van der Waals surface area contributed by atoms with Crippen LogP contribution in [-0.2, 0) is 0 Å². The fourth-order valence-electron chi connectivity index (χ4n) is 10.2. The van der Waals surface area contributed by atoms with Crippen LogP contribution in [0.2, 0.25) is 0 Å². The summed E-state index contributed by atoms with van der Waals surface area (Å²) >= 11 is 0. The Balaban J connectivity index is 0.901.